The first-order chi connectivity index (χ1) is 11.6. The van der Waals surface area contributed by atoms with Crippen LogP contribution >= 0.6 is 0 Å². The third kappa shape index (κ3) is 3.46. The zero-order chi connectivity index (χ0) is 17.1. The molecule has 0 unspecified atom stereocenters. The highest BCUT2D eigenvalue weighted by atomic mass is 16.5. The van der Waals surface area contributed by atoms with Crippen molar-refractivity contribution in [1.82, 2.24) is 0 Å². The van der Waals surface area contributed by atoms with Crippen LogP contribution in [0.4, 0.5) is 5.69 Å². The molecular formula is C19H27N2O3+. The van der Waals surface area contributed by atoms with Crippen molar-refractivity contribution in [3.8, 4) is 5.75 Å². The van der Waals surface area contributed by atoms with Gasteiger partial charge in [0, 0.05) is 0 Å². The number of piperidine rings is 1. The summed E-state index contributed by atoms with van der Waals surface area (Å²) < 4.78 is 5.56. The van der Waals surface area contributed by atoms with Crippen LogP contribution in [0.5, 0.6) is 5.75 Å². The molecule has 1 N–H and O–H groups in total. The quantitative estimate of drug-likeness (QED) is 0.830. The van der Waals surface area contributed by atoms with E-state index < -0.39 is 0 Å². The predicted molar refractivity (Wildman–Crippen MR) is 92.2 cm³/mol. The maximum Gasteiger partial charge on any atom is 0.292 e. The fourth-order valence-electron chi connectivity index (χ4n) is 3.61. The van der Waals surface area contributed by atoms with Crippen molar-refractivity contribution in [2.75, 3.05) is 24.6 Å². The third-order valence-electron chi connectivity index (χ3n) is 5.12. The van der Waals surface area contributed by atoms with Gasteiger partial charge in [-0.1, -0.05) is 13.8 Å². The van der Waals surface area contributed by atoms with Gasteiger partial charge in [-0.05, 0) is 49.4 Å². The molecule has 0 radical (unpaired) electrons. The van der Waals surface area contributed by atoms with E-state index in [0.29, 0.717) is 18.7 Å². The molecule has 2 aliphatic heterocycles. The molecule has 3 rings (SSSR count). The van der Waals surface area contributed by atoms with E-state index in [4.69, 9.17) is 4.74 Å². The second kappa shape index (κ2) is 7.34. The summed E-state index contributed by atoms with van der Waals surface area (Å²) in [5.41, 5.74) is 0.654. The molecule has 0 aliphatic carbocycles. The Kier molecular flexibility index (Phi) is 5.19. The van der Waals surface area contributed by atoms with Gasteiger partial charge in [-0.25, -0.2) is 4.90 Å². The van der Waals surface area contributed by atoms with Gasteiger partial charge in [0.05, 0.1) is 31.8 Å². The van der Waals surface area contributed by atoms with Crippen LogP contribution < -0.4 is 14.5 Å². The number of rotatable bonds is 5. The smallest absolute Gasteiger partial charge is 0.292 e. The standard InChI is InChI=1S/C19H26N2O3/c1-3-12-24-16-6-4-15(5-7-16)21-18(22)13-17(19(21)23)20-10-8-14(2)9-11-20/h4-7,14,17H,3,8-13H2,1-2H3/p+1/t17-/m1/s1. The molecule has 1 atom stereocenters. The van der Waals surface area contributed by atoms with Crippen LogP contribution in [0.2, 0.25) is 0 Å². The van der Waals surface area contributed by atoms with Gasteiger partial charge in [0.1, 0.15) is 5.75 Å². The van der Waals surface area contributed by atoms with E-state index in [1.165, 1.54) is 9.80 Å². The number of carbonyl (C=O) groups is 2. The van der Waals surface area contributed by atoms with Crippen molar-refractivity contribution in [1.29, 1.82) is 0 Å². The summed E-state index contributed by atoms with van der Waals surface area (Å²) in [6.45, 7) is 6.96. The van der Waals surface area contributed by atoms with E-state index in [1.807, 2.05) is 12.1 Å². The van der Waals surface area contributed by atoms with Crippen molar-refractivity contribution in [2.24, 2.45) is 5.92 Å². The largest absolute Gasteiger partial charge is 0.494 e. The van der Waals surface area contributed by atoms with Crippen LogP contribution in [0.1, 0.15) is 39.5 Å². The Morgan fingerprint density at radius 2 is 1.83 bits per heavy atom. The van der Waals surface area contributed by atoms with Gasteiger partial charge < -0.3 is 9.64 Å². The number of imide groups is 1. The SMILES string of the molecule is CCCOc1ccc(N2C(=O)C[C@@H]([NH+]3CCC(C)CC3)C2=O)cc1. The molecule has 2 amide bonds. The Balaban J connectivity index is 1.70. The van der Waals surface area contributed by atoms with Gasteiger partial charge in [-0.15, -0.1) is 0 Å². The number of ether oxygens (including phenoxy) is 1. The zero-order valence-electron chi connectivity index (χ0n) is 14.6. The molecule has 5 heteroatoms. The van der Waals surface area contributed by atoms with E-state index in [1.54, 1.807) is 12.1 Å². The minimum Gasteiger partial charge on any atom is -0.494 e. The van der Waals surface area contributed by atoms with Crippen molar-refractivity contribution < 1.29 is 19.2 Å². The molecule has 24 heavy (non-hydrogen) atoms. The predicted octanol–water partition coefficient (Wildman–Crippen LogP) is 1.42. The van der Waals surface area contributed by atoms with Gasteiger partial charge >= 0.3 is 0 Å². The van der Waals surface area contributed by atoms with E-state index in [-0.39, 0.29) is 17.9 Å². The minimum absolute atomic E-state index is 0.0493. The summed E-state index contributed by atoms with van der Waals surface area (Å²) in [5.74, 6) is 1.37. The topological polar surface area (TPSA) is 51.0 Å². The van der Waals surface area contributed by atoms with E-state index in [9.17, 15) is 9.59 Å². The molecule has 2 heterocycles. The molecule has 130 valence electrons. The van der Waals surface area contributed by atoms with Crippen LogP contribution in [0.25, 0.3) is 0 Å². The normalized spacial score (nSPS) is 27.6. The fourth-order valence-corrected chi connectivity index (χ4v) is 3.61. The Morgan fingerprint density at radius 1 is 1.17 bits per heavy atom. The highest BCUT2D eigenvalue weighted by Gasteiger charge is 2.46. The first-order valence-electron chi connectivity index (χ1n) is 9.04. The van der Waals surface area contributed by atoms with Crippen LogP contribution in [-0.4, -0.2) is 37.6 Å². The zero-order valence-corrected chi connectivity index (χ0v) is 14.6. The average Bonchev–Trinajstić information content (AvgIpc) is 2.89. The second-order valence-corrected chi connectivity index (χ2v) is 7.01. The number of anilines is 1. The Bertz CT molecular complexity index is 591. The Hall–Kier alpha value is -1.88. The molecular weight excluding hydrogens is 304 g/mol. The lowest BCUT2D eigenvalue weighted by atomic mass is 9.97. The number of hydrogen-bond acceptors (Lipinski definition) is 3. The fraction of sp³-hybridized carbons (Fsp3) is 0.579. The molecule has 2 saturated heterocycles. The molecule has 0 bridgehead atoms. The van der Waals surface area contributed by atoms with Gasteiger partial charge in [-0.3, -0.25) is 9.59 Å². The highest BCUT2D eigenvalue weighted by molar-refractivity contribution is 6.21. The number of quaternary nitrogens is 1. The van der Waals surface area contributed by atoms with Gasteiger partial charge in [0.2, 0.25) is 5.91 Å². The number of benzene rings is 1. The number of likely N-dealkylation sites (tertiary alicyclic amines) is 1. The minimum atomic E-state index is -0.207. The summed E-state index contributed by atoms with van der Waals surface area (Å²) >= 11 is 0. The monoisotopic (exact) mass is 331 g/mol. The van der Waals surface area contributed by atoms with Gasteiger partial charge in [-0.2, -0.15) is 0 Å². The lowest BCUT2D eigenvalue weighted by Crippen LogP contribution is -3.17. The van der Waals surface area contributed by atoms with Crippen LogP contribution in [-0.2, 0) is 9.59 Å². The highest BCUT2D eigenvalue weighted by Crippen LogP contribution is 2.25. The summed E-state index contributed by atoms with van der Waals surface area (Å²) in [6.07, 6.45) is 3.55. The van der Waals surface area contributed by atoms with Gasteiger partial charge in [0.15, 0.2) is 6.04 Å². The second-order valence-electron chi connectivity index (χ2n) is 7.01. The number of nitrogens with zero attached hydrogens (tertiary/aromatic N) is 1. The first-order valence-corrected chi connectivity index (χ1v) is 9.04. The molecule has 0 saturated carbocycles. The molecule has 0 aromatic heterocycles. The van der Waals surface area contributed by atoms with Crippen molar-refractivity contribution in [3.63, 3.8) is 0 Å². The molecule has 1 aromatic carbocycles. The molecule has 1 aromatic rings. The summed E-state index contributed by atoms with van der Waals surface area (Å²) in [6, 6.07) is 7.05. The number of hydrogen-bond donors (Lipinski definition) is 1. The molecule has 5 nitrogen and oxygen atoms in total. The summed E-state index contributed by atoms with van der Waals surface area (Å²) in [7, 11) is 0. The number of carbonyl (C=O) groups excluding carboxylic acids is 2. The lowest BCUT2D eigenvalue weighted by Gasteiger charge is -2.30. The van der Waals surface area contributed by atoms with Crippen molar-refractivity contribution in [3.05, 3.63) is 24.3 Å². The Morgan fingerprint density at radius 3 is 2.46 bits per heavy atom. The number of amides is 2. The van der Waals surface area contributed by atoms with E-state index in [0.717, 1.165) is 44.0 Å². The maximum atomic E-state index is 12.8. The third-order valence-corrected chi connectivity index (χ3v) is 5.12. The van der Waals surface area contributed by atoms with E-state index in [2.05, 4.69) is 13.8 Å². The maximum absolute atomic E-state index is 12.8. The van der Waals surface area contributed by atoms with Crippen molar-refractivity contribution in [2.45, 2.75) is 45.6 Å². The lowest BCUT2D eigenvalue weighted by molar-refractivity contribution is -0.920. The van der Waals surface area contributed by atoms with Crippen LogP contribution in [0.15, 0.2) is 24.3 Å². The van der Waals surface area contributed by atoms with Crippen molar-refractivity contribution >= 4 is 17.5 Å². The average molecular weight is 331 g/mol. The summed E-state index contributed by atoms with van der Waals surface area (Å²) in [5, 5.41) is 0. The first kappa shape index (κ1) is 17.0. The summed E-state index contributed by atoms with van der Waals surface area (Å²) in [4.78, 5) is 27.9. The molecule has 2 aliphatic rings. The number of nitrogens with one attached hydrogen (secondary N) is 1. The molecule has 2 fully saturated rings. The van der Waals surface area contributed by atoms with Crippen LogP contribution in [0.3, 0.4) is 0 Å². The van der Waals surface area contributed by atoms with Gasteiger partial charge in [0.25, 0.3) is 5.91 Å². The molecule has 0 spiro atoms. The van der Waals surface area contributed by atoms with E-state index >= 15 is 0 Å². The Labute approximate surface area is 143 Å². The van der Waals surface area contributed by atoms with Crippen LogP contribution in [0, 0.1) is 5.92 Å².